The molecule has 6 nitrogen and oxygen atoms in total. The van der Waals surface area contributed by atoms with Gasteiger partial charge in [0.05, 0.1) is 6.54 Å². The number of carboxylic acids is 1. The molecule has 0 aliphatic carbocycles. The van der Waals surface area contributed by atoms with Crippen molar-refractivity contribution in [3.8, 4) is 0 Å². The minimum atomic E-state index is -0.785. The van der Waals surface area contributed by atoms with E-state index in [0.717, 1.165) is 16.3 Å². The normalized spacial score (nSPS) is 11.2. The smallest absolute Gasteiger partial charge is 0.315 e. The second kappa shape index (κ2) is 7.97. The summed E-state index contributed by atoms with van der Waals surface area (Å²) in [5.41, 5.74) is -0.0991. The van der Waals surface area contributed by atoms with Gasteiger partial charge in [-0.2, -0.15) is 0 Å². The van der Waals surface area contributed by atoms with E-state index in [0.29, 0.717) is 19.5 Å². The van der Waals surface area contributed by atoms with Crippen molar-refractivity contribution in [2.75, 3.05) is 6.54 Å². The van der Waals surface area contributed by atoms with E-state index < -0.39 is 5.97 Å². The number of thiazole rings is 1. The molecule has 0 aromatic carbocycles. The van der Waals surface area contributed by atoms with E-state index in [1.54, 1.807) is 17.5 Å². The molecule has 1 aromatic heterocycles. The Morgan fingerprint density at radius 2 is 2.05 bits per heavy atom. The molecular formula is C14H23N3O3S. The minimum Gasteiger partial charge on any atom is -0.481 e. The molecule has 2 amide bonds. The van der Waals surface area contributed by atoms with Crippen LogP contribution in [0.3, 0.4) is 0 Å². The molecule has 0 saturated heterocycles. The van der Waals surface area contributed by atoms with E-state index in [1.165, 1.54) is 0 Å². The molecule has 21 heavy (non-hydrogen) atoms. The number of carboxylic acid groups (broad SMARTS) is 1. The van der Waals surface area contributed by atoms with Crippen LogP contribution in [0.15, 0.2) is 6.20 Å². The molecule has 0 radical (unpaired) electrons. The molecule has 0 spiro atoms. The number of aryl methyl sites for hydroxylation is 1. The Morgan fingerprint density at radius 3 is 2.62 bits per heavy atom. The van der Waals surface area contributed by atoms with Crippen LogP contribution in [0.4, 0.5) is 4.79 Å². The zero-order chi connectivity index (χ0) is 15.9. The predicted molar refractivity (Wildman–Crippen MR) is 82.4 cm³/mol. The second-order valence-corrected chi connectivity index (χ2v) is 7.10. The predicted octanol–water partition coefficient (Wildman–Crippen LogP) is 2.53. The standard InChI is InChI=1S/C14H23N3O3S/c1-10-8-16-11(21-10)9-17-13(20)15-7-6-14(2,3)5-4-12(18)19/h8H,4-7,9H2,1-3H3,(H,18,19)(H2,15,17,20). The maximum atomic E-state index is 11.6. The number of urea groups is 1. The van der Waals surface area contributed by atoms with Gasteiger partial charge < -0.3 is 15.7 Å². The number of carbonyl (C=O) groups is 2. The Labute approximate surface area is 129 Å². The van der Waals surface area contributed by atoms with Crippen LogP contribution in [0.2, 0.25) is 0 Å². The fourth-order valence-electron chi connectivity index (χ4n) is 1.79. The molecule has 0 fully saturated rings. The molecule has 0 atom stereocenters. The third-order valence-corrected chi connectivity index (χ3v) is 4.09. The van der Waals surface area contributed by atoms with Gasteiger partial charge in [-0.1, -0.05) is 13.8 Å². The van der Waals surface area contributed by atoms with Crippen molar-refractivity contribution in [2.24, 2.45) is 5.41 Å². The number of hydrogen-bond acceptors (Lipinski definition) is 4. The molecule has 1 rings (SSSR count). The zero-order valence-corrected chi connectivity index (χ0v) is 13.5. The molecule has 7 heteroatoms. The third-order valence-electron chi connectivity index (χ3n) is 3.17. The Balaban J connectivity index is 2.19. The monoisotopic (exact) mass is 313 g/mol. The van der Waals surface area contributed by atoms with Gasteiger partial charge in [-0.25, -0.2) is 9.78 Å². The fourth-order valence-corrected chi connectivity index (χ4v) is 2.51. The fraction of sp³-hybridized carbons (Fsp3) is 0.643. The Bertz CT molecular complexity index is 486. The summed E-state index contributed by atoms with van der Waals surface area (Å²) in [5.74, 6) is -0.785. The lowest BCUT2D eigenvalue weighted by Crippen LogP contribution is -2.36. The zero-order valence-electron chi connectivity index (χ0n) is 12.7. The van der Waals surface area contributed by atoms with E-state index >= 15 is 0 Å². The molecular weight excluding hydrogens is 290 g/mol. The third kappa shape index (κ3) is 7.65. The number of amides is 2. The average molecular weight is 313 g/mol. The Kier molecular flexibility index (Phi) is 6.61. The van der Waals surface area contributed by atoms with Crippen molar-refractivity contribution >= 4 is 23.3 Å². The highest BCUT2D eigenvalue weighted by molar-refractivity contribution is 7.11. The van der Waals surface area contributed by atoms with Gasteiger partial charge in [0, 0.05) is 24.0 Å². The first kappa shape index (κ1) is 17.4. The molecule has 0 saturated carbocycles. The highest BCUT2D eigenvalue weighted by atomic mass is 32.1. The van der Waals surface area contributed by atoms with Crippen molar-refractivity contribution < 1.29 is 14.7 Å². The Hall–Kier alpha value is -1.63. The molecule has 0 aliphatic heterocycles. The number of nitrogens with zero attached hydrogens (tertiary/aromatic N) is 1. The van der Waals surface area contributed by atoms with Crippen LogP contribution in [-0.2, 0) is 11.3 Å². The van der Waals surface area contributed by atoms with Crippen LogP contribution in [0.1, 0.15) is 43.0 Å². The number of aromatic nitrogens is 1. The molecule has 118 valence electrons. The van der Waals surface area contributed by atoms with Gasteiger partial charge in [0.25, 0.3) is 0 Å². The number of aliphatic carboxylic acids is 1. The number of hydrogen-bond donors (Lipinski definition) is 3. The van der Waals surface area contributed by atoms with E-state index in [2.05, 4.69) is 15.6 Å². The molecule has 1 heterocycles. The summed E-state index contributed by atoms with van der Waals surface area (Å²) < 4.78 is 0. The summed E-state index contributed by atoms with van der Waals surface area (Å²) in [6.07, 6.45) is 3.28. The van der Waals surface area contributed by atoms with Crippen LogP contribution >= 0.6 is 11.3 Å². The SMILES string of the molecule is Cc1cnc(CNC(=O)NCCC(C)(C)CCC(=O)O)s1. The van der Waals surface area contributed by atoms with Crippen LogP contribution in [-0.4, -0.2) is 28.6 Å². The molecule has 0 bridgehead atoms. The summed E-state index contributed by atoms with van der Waals surface area (Å²) in [4.78, 5) is 27.5. The van der Waals surface area contributed by atoms with Crippen LogP contribution in [0, 0.1) is 12.3 Å². The summed E-state index contributed by atoms with van der Waals surface area (Å²) in [5, 5.41) is 15.1. The van der Waals surface area contributed by atoms with E-state index in [9.17, 15) is 9.59 Å². The van der Waals surface area contributed by atoms with Gasteiger partial charge in [-0.15, -0.1) is 11.3 Å². The van der Waals surface area contributed by atoms with Gasteiger partial charge in [-0.05, 0) is 25.2 Å². The molecule has 3 N–H and O–H groups in total. The lowest BCUT2D eigenvalue weighted by molar-refractivity contribution is -0.137. The number of carbonyl (C=O) groups excluding carboxylic acids is 1. The highest BCUT2D eigenvalue weighted by Crippen LogP contribution is 2.25. The van der Waals surface area contributed by atoms with Crippen molar-refractivity contribution in [3.63, 3.8) is 0 Å². The first-order valence-corrected chi connectivity index (χ1v) is 7.75. The summed E-state index contributed by atoms with van der Waals surface area (Å²) >= 11 is 1.56. The van der Waals surface area contributed by atoms with Crippen LogP contribution in [0.5, 0.6) is 0 Å². The van der Waals surface area contributed by atoms with Crippen molar-refractivity contribution in [1.29, 1.82) is 0 Å². The molecule has 0 unspecified atom stereocenters. The maximum Gasteiger partial charge on any atom is 0.315 e. The lowest BCUT2D eigenvalue weighted by atomic mass is 9.84. The van der Waals surface area contributed by atoms with Gasteiger partial charge in [-0.3, -0.25) is 4.79 Å². The second-order valence-electron chi connectivity index (χ2n) is 5.78. The average Bonchev–Trinajstić information content (AvgIpc) is 2.80. The minimum absolute atomic E-state index is 0.0991. The molecule has 1 aromatic rings. The van der Waals surface area contributed by atoms with Gasteiger partial charge in [0.1, 0.15) is 5.01 Å². The largest absolute Gasteiger partial charge is 0.481 e. The quantitative estimate of drug-likeness (QED) is 0.688. The Morgan fingerprint density at radius 1 is 1.33 bits per heavy atom. The van der Waals surface area contributed by atoms with Crippen molar-refractivity contribution in [3.05, 3.63) is 16.1 Å². The number of rotatable bonds is 8. The van der Waals surface area contributed by atoms with E-state index in [1.807, 2.05) is 20.8 Å². The lowest BCUT2D eigenvalue weighted by Gasteiger charge is -2.23. The maximum absolute atomic E-state index is 11.6. The summed E-state index contributed by atoms with van der Waals surface area (Å²) in [6.45, 7) is 6.93. The first-order valence-electron chi connectivity index (χ1n) is 6.93. The topological polar surface area (TPSA) is 91.3 Å². The van der Waals surface area contributed by atoms with E-state index in [-0.39, 0.29) is 17.9 Å². The van der Waals surface area contributed by atoms with E-state index in [4.69, 9.17) is 5.11 Å². The molecule has 0 aliphatic rings. The van der Waals surface area contributed by atoms with Gasteiger partial charge >= 0.3 is 12.0 Å². The summed E-state index contributed by atoms with van der Waals surface area (Å²) in [7, 11) is 0. The van der Waals surface area contributed by atoms with Gasteiger partial charge in [0.2, 0.25) is 0 Å². The first-order chi connectivity index (χ1) is 9.78. The van der Waals surface area contributed by atoms with Crippen LogP contribution in [0.25, 0.3) is 0 Å². The summed E-state index contributed by atoms with van der Waals surface area (Å²) in [6, 6.07) is -0.225. The number of nitrogens with one attached hydrogen (secondary N) is 2. The van der Waals surface area contributed by atoms with Gasteiger partial charge in [0.15, 0.2) is 0 Å². The van der Waals surface area contributed by atoms with Crippen molar-refractivity contribution in [1.82, 2.24) is 15.6 Å². The highest BCUT2D eigenvalue weighted by Gasteiger charge is 2.19. The van der Waals surface area contributed by atoms with Crippen molar-refractivity contribution in [2.45, 2.75) is 46.6 Å². The van der Waals surface area contributed by atoms with Crippen LogP contribution < -0.4 is 10.6 Å².